The van der Waals surface area contributed by atoms with Crippen LogP contribution in [0.25, 0.3) is 0 Å². The maximum Gasteiger partial charge on any atom is 0.273 e. The Balaban J connectivity index is 2.14. The average molecular weight is 328 g/mol. The number of nitro benzene ring substituents is 1. The minimum Gasteiger partial charge on any atom is -0.490 e. The molecule has 4 nitrogen and oxygen atoms in total. The molecule has 0 radical (unpaired) electrons. The molecule has 0 aliphatic heterocycles. The Hall–Kier alpha value is -1.10. The fourth-order valence-electron chi connectivity index (χ4n) is 2.85. The molecule has 1 aromatic carbocycles. The third-order valence-electron chi connectivity index (χ3n) is 4.31. The first-order valence-corrected chi connectivity index (χ1v) is 7.50. The smallest absolute Gasteiger partial charge is 0.273 e. The summed E-state index contributed by atoms with van der Waals surface area (Å²) in [5.74, 6) is 0.588. The molecule has 19 heavy (non-hydrogen) atoms. The third-order valence-corrected chi connectivity index (χ3v) is 5.59. The Labute approximate surface area is 121 Å². The molecular weight excluding hydrogens is 310 g/mol. The minimum absolute atomic E-state index is 0.0748. The maximum absolute atomic E-state index is 10.8. The van der Waals surface area contributed by atoms with Crippen LogP contribution in [0.2, 0.25) is 0 Å². The molecule has 5 heteroatoms. The molecule has 1 aromatic rings. The number of benzene rings is 1. The molecule has 0 bridgehead atoms. The number of nitrogens with zero attached hydrogens (tertiary/aromatic N) is 1. The van der Waals surface area contributed by atoms with Crippen LogP contribution in [0.15, 0.2) is 24.3 Å². The molecule has 1 aliphatic carbocycles. The molecule has 1 saturated carbocycles. The van der Waals surface area contributed by atoms with Crippen LogP contribution < -0.4 is 4.74 Å². The van der Waals surface area contributed by atoms with Gasteiger partial charge in [-0.15, -0.1) is 0 Å². The van der Waals surface area contributed by atoms with Crippen molar-refractivity contribution in [3.8, 4) is 5.75 Å². The van der Waals surface area contributed by atoms with Crippen molar-refractivity contribution >= 4 is 21.6 Å². The van der Waals surface area contributed by atoms with Crippen molar-refractivity contribution in [3.05, 3.63) is 34.4 Å². The highest BCUT2D eigenvalue weighted by Crippen LogP contribution is 2.52. The molecule has 0 saturated heterocycles. The van der Waals surface area contributed by atoms with Gasteiger partial charge in [0.25, 0.3) is 5.69 Å². The van der Waals surface area contributed by atoms with E-state index < -0.39 is 4.92 Å². The van der Waals surface area contributed by atoms with Crippen LogP contribution >= 0.6 is 15.9 Å². The predicted molar refractivity (Wildman–Crippen MR) is 77.9 cm³/mol. The summed E-state index contributed by atoms with van der Waals surface area (Å²) in [6, 6.07) is 6.42. The van der Waals surface area contributed by atoms with Crippen LogP contribution in [-0.4, -0.2) is 15.9 Å². The Kier molecular flexibility index (Phi) is 4.13. The lowest BCUT2D eigenvalue weighted by molar-refractivity contribution is -0.385. The molecule has 2 rings (SSSR count). The number of ether oxygens (including phenoxy) is 1. The standard InChI is InChI=1S/C14H18BrNO3/c1-3-14(4-2)12(15)9-13(14)19-11-7-5-6-10(8-11)16(17)18/h5-8,12-13H,3-4,9H2,1-2H3. The van der Waals surface area contributed by atoms with Gasteiger partial charge < -0.3 is 4.74 Å². The van der Waals surface area contributed by atoms with E-state index >= 15 is 0 Å². The topological polar surface area (TPSA) is 52.4 Å². The van der Waals surface area contributed by atoms with Gasteiger partial charge in [-0.2, -0.15) is 0 Å². The molecule has 0 heterocycles. The van der Waals surface area contributed by atoms with Gasteiger partial charge in [0.05, 0.1) is 11.0 Å². The number of rotatable bonds is 5. The van der Waals surface area contributed by atoms with Crippen molar-refractivity contribution in [2.75, 3.05) is 0 Å². The van der Waals surface area contributed by atoms with Gasteiger partial charge in [0.15, 0.2) is 0 Å². The van der Waals surface area contributed by atoms with Crippen molar-refractivity contribution in [2.24, 2.45) is 5.41 Å². The zero-order chi connectivity index (χ0) is 14.0. The number of hydrogen-bond acceptors (Lipinski definition) is 3. The second-order valence-electron chi connectivity index (χ2n) is 5.00. The van der Waals surface area contributed by atoms with E-state index in [9.17, 15) is 10.1 Å². The van der Waals surface area contributed by atoms with Crippen molar-refractivity contribution in [2.45, 2.75) is 44.0 Å². The van der Waals surface area contributed by atoms with E-state index in [-0.39, 0.29) is 17.2 Å². The fourth-order valence-corrected chi connectivity index (χ4v) is 4.13. The highest BCUT2D eigenvalue weighted by molar-refractivity contribution is 9.09. The van der Waals surface area contributed by atoms with Gasteiger partial charge in [-0.3, -0.25) is 10.1 Å². The van der Waals surface area contributed by atoms with E-state index in [1.165, 1.54) is 12.1 Å². The highest BCUT2D eigenvalue weighted by Gasteiger charge is 2.53. The predicted octanol–water partition coefficient (Wildman–Crippen LogP) is 4.32. The Morgan fingerprint density at radius 3 is 2.68 bits per heavy atom. The van der Waals surface area contributed by atoms with Crippen LogP contribution in [0.4, 0.5) is 5.69 Å². The van der Waals surface area contributed by atoms with Crippen LogP contribution in [0.3, 0.4) is 0 Å². The third kappa shape index (κ3) is 2.48. The highest BCUT2D eigenvalue weighted by atomic mass is 79.9. The number of halogens is 1. The zero-order valence-corrected chi connectivity index (χ0v) is 12.7. The second kappa shape index (κ2) is 5.49. The Bertz CT molecular complexity index is 474. The lowest BCUT2D eigenvalue weighted by atomic mass is 9.62. The molecule has 0 amide bonds. The van der Waals surface area contributed by atoms with Gasteiger partial charge in [0, 0.05) is 16.3 Å². The van der Waals surface area contributed by atoms with Crippen LogP contribution in [-0.2, 0) is 0 Å². The largest absolute Gasteiger partial charge is 0.490 e. The minimum atomic E-state index is -0.395. The average Bonchev–Trinajstić information content (AvgIpc) is 2.40. The Morgan fingerprint density at radius 1 is 1.47 bits per heavy atom. The van der Waals surface area contributed by atoms with E-state index in [1.807, 2.05) is 0 Å². The molecule has 0 spiro atoms. The Morgan fingerprint density at radius 2 is 2.16 bits per heavy atom. The molecular formula is C14H18BrNO3. The summed E-state index contributed by atoms with van der Waals surface area (Å²) >= 11 is 3.71. The lowest BCUT2D eigenvalue weighted by Gasteiger charge is -2.52. The van der Waals surface area contributed by atoms with Crippen molar-refractivity contribution in [1.82, 2.24) is 0 Å². The maximum atomic E-state index is 10.8. The summed E-state index contributed by atoms with van der Waals surface area (Å²) in [5, 5.41) is 10.8. The normalized spacial score (nSPS) is 24.6. The van der Waals surface area contributed by atoms with Gasteiger partial charge in [-0.25, -0.2) is 0 Å². The first-order valence-electron chi connectivity index (χ1n) is 6.58. The zero-order valence-electron chi connectivity index (χ0n) is 11.1. The summed E-state index contributed by atoms with van der Waals surface area (Å²) in [4.78, 5) is 10.8. The van der Waals surface area contributed by atoms with E-state index in [4.69, 9.17) is 4.74 Å². The molecule has 2 unspecified atom stereocenters. The van der Waals surface area contributed by atoms with Crippen LogP contribution in [0.5, 0.6) is 5.75 Å². The first kappa shape index (κ1) is 14.3. The molecule has 0 aromatic heterocycles. The van der Waals surface area contributed by atoms with Crippen LogP contribution in [0, 0.1) is 15.5 Å². The monoisotopic (exact) mass is 327 g/mol. The van der Waals surface area contributed by atoms with Crippen molar-refractivity contribution in [1.29, 1.82) is 0 Å². The quantitative estimate of drug-likeness (QED) is 0.460. The number of alkyl halides is 1. The molecule has 1 aliphatic rings. The molecule has 1 fully saturated rings. The number of hydrogen-bond donors (Lipinski definition) is 0. The summed E-state index contributed by atoms with van der Waals surface area (Å²) in [5.41, 5.74) is 0.218. The van der Waals surface area contributed by atoms with Crippen molar-refractivity contribution < 1.29 is 9.66 Å². The SMILES string of the molecule is CCC1(CC)C(Br)CC1Oc1cccc([N+](=O)[O-])c1. The second-order valence-corrected chi connectivity index (χ2v) is 6.11. The lowest BCUT2D eigenvalue weighted by Crippen LogP contribution is -2.56. The molecule has 0 N–H and O–H groups in total. The van der Waals surface area contributed by atoms with E-state index in [2.05, 4.69) is 29.8 Å². The summed E-state index contributed by atoms with van der Waals surface area (Å²) in [6.07, 6.45) is 3.16. The van der Waals surface area contributed by atoms with Gasteiger partial charge in [0.1, 0.15) is 11.9 Å². The molecule has 2 atom stereocenters. The van der Waals surface area contributed by atoms with Crippen LogP contribution in [0.1, 0.15) is 33.1 Å². The molecule has 104 valence electrons. The van der Waals surface area contributed by atoms with Gasteiger partial charge in [-0.1, -0.05) is 35.8 Å². The summed E-state index contributed by atoms with van der Waals surface area (Å²) in [6.45, 7) is 4.33. The van der Waals surface area contributed by atoms with E-state index in [0.717, 1.165) is 19.3 Å². The summed E-state index contributed by atoms with van der Waals surface area (Å²) in [7, 11) is 0. The first-order chi connectivity index (χ1) is 9.03. The fraction of sp³-hybridized carbons (Fsp3) is 0.571. The van der Waals surface area contributed by atoms with Crippen molar-refractivity contribution in [3.63, 3.8) is 0 Å². The van der Waals surface area contributed by atoms with Gasteiger partial charge in [0.2, 0.25) is 0 Å². The van der Waals surface area contributed by atoms with E-state index in [0.29, 0.717) is 10.6 Å². The van der Waals surface area contributed by atoms with Gasteiger partial charge in [-0.05, 0) is 25.3 Å². The van der Waals surface area contributed by atoms with E-state index in [1.54, 1.807) is 12.1 Å². The summed E-state index contributed by atoms with van der Waals surface area (Å²) < 4.78 is 5.97. The number of nitro groups is 1. The van der Waals surface area contributed by atoms with Gasteiger partial charge >= 0.3 is 0 Å². The number of non-ortho nitro benzene ring substituents is 1.